The summed E-state index contributed by atoms with van der Waals surface area (Å²) in [7, 11) is -3.83. The van der Waals surface area contributed by atoms with Crippen molar-refractivity contribution in [3.8, 4) is 0 Å². The van der Waals surface area contributed by atoms with Crippen LogP contribution in [0.3, 0.4) is 0 Å². The highest BCUT2D eigenvalue weighted by atomic mass is 32.2. The first-order valence-corrected chi connectivity index (χ1v) is 8.04. The van der Waals surface area contributed by atoms with Gasteiger partial charge in [0, 0.05) is 5.69 Å². The summed E-state index contributed by atoms with van der Waals surface area (Å²) in [5.74, 6) is -0.231. The number of rotatable bonds is 4. The van der Waals surface area contributed by atoms with E-state index in [1.165, 1.54) is 23.5 Å². The number of thiophene rings is 1. The Hall–Kier alpha value is -1.90. The number of aryl methyl sites for hydroxylation is 1. The van der Waals surface area contributed by atoms with Gasteiger partial charge in [0.15, 0.2) is 0 Å². The first-order chi connectivity index (χ1) is 9.35. The van der Waals surface area contributed by atoms with Crippen LogP contribution in [0.25, 0.3) is 0 Å². The van der Waals surface area contributed by atoms with Crippen molar-refractivity contribution >= 4 is 38.8 Å². The van der Waals surface area contributed by atoms with E-state index in [-0.39, 0.29) is 11.6 Å². The minimum atomic E-state index is -3.83. The van der Waals surface area contributed by atoms with Crippen molar-refractivity contribution in [2.24, 2.45) is 5.14 Å². The van der Waals surface area contributed by atoms with Gasteiger partial charge < -0.3 is 5.32 Å². The van der Waals surface area contributed by atoms with Crippen molar-refractivity contribution in [2.45, 2.75) is 6.92 Å². The number of nitrogens with one attached hydrogen (secondary N) is 2. The highest BCUT2D eigenvalue weighted by Gasteiger charge is 2.11. The number of benzene rings is 1. The minimum absolute atomic E-state index is 0.231. The Labute approximate surface area is 120 Å². The van der Waals surface area contributed by atoms with Crippen LogP contribution in [0.2, 0.25) is 0 Å². The van der Waals surface area contributed by atoms with E-state index in [0.717, 1.165) is 5.56 Å². The van der Waals surface area contributed by atoms with E-state index < -0.39 is 10.2 Å². The fourth-order valence-electron chi connectivity index (χ4n) is 1.62. The Kier molecular flexibility index (Phi) is 4.07. The molecule has 0 fully saturated rings. The summed E-state index contributed by atoms with van der Waals surface area (Å²) in [6.07, 6.45) is 0. The van der Waals surface area contributed by atoms with Crippen molar-refractivity contribution in [1.82, 2.24) is 0 Å². The van der Waals surface area contributed by atoms with Gasteiger partial charge in [0.05, 0.1) is 10.6 Å². The van der Waals surface area contributed by atoms with Gasteiger partial charge >= 0.3 is 0 Å². The second kappa shape index (κ2) is 5.61. The number of anilines is 2. The van der Waals surface area contributed by atoms with E-state index in [2.05, 4.69) is 10.0 Å². The summed E-state index contributed by atoms with van der Waals surface area (Å²) in [6.45, 7) is 1.85. The highest BCUT2D eigenvalue weighted by Crippen LogP contribution is 2.20. The van der Waals surface area contributed by atoms with Crippen molar-refractivity contribution in [3.05, 3.63) is 46.2 Å². The lowest BCUT2D eigenvalue weighted by molar-refractivity contribution is 0.103. The van der Waals surface area contributed by atoms with Gasteiger partial charge in [-0.2, -0.15) is 8.42 Å². The van der Waals surface area contributed by atoms with E-state index in [1.54, 1.807) is 12.1 Å². The molecule has 0 bridgehead atoms. The molecule has 0 saturated carbocycles. The van der Waals surface area contributed by atoms with Crippen molar-refractivity contribution in [3.63, 3.8) is 0 Å². The van der Waals surface area contributed by atoms with Gasteiger partial charge in [0.25, 0.3) is 16.1 Å². The molecular formula is C12H13N3O3S2. The summed E-state index contributed by atoms with van der Waals surface area (Å²) in [5.41, 5.74) is 1.66. The summed E-state index contributed by atoms with van der Waals surface area (Å²) < 4.78 is 24.0. The van der Waals surface area contributed by atoms with Gasteiger partial charge in [-0.15, -0.1) is 11.3 Å². The van der Waals surface area contributed by atoms with Crippen LogP contribution in [-0.2, 0) is 10.2 Å². The first kappa shape index (κ1) is 14.5. The molecule has 0 unspecified atom stereocenters. The maximum Gasteiger partial charge on any atom is 0.296 e. The fraction of sp³-hybridized carbons (Fsp3) is 0.0833. The molecule has 0 spiro atoms. The van der Waals surface area contributed by atoms with Gasteiger partial charge in [0.2, 0.25) is 0 Å². The Morgan fingerprint density at radius 1 is 1.25 bits per heavy atom. The van der Waals surface area contributed by atoms with E-state index in [9.17, 15) is 13.2 Å². The Bertz CT molecular complexity index is 738. The smallest absolute Gasteiger partial charge is 0.296 e. The average molecular weight is 311 g/mol. The molecule has 2 rings (SSSR count). The second-order valence-corrected chi connectivity index (χ2v) is 6.32. The van der Waals surface area contributed by atoms with Crippen LogP contribution >= 0.6 is 11.3 Å². The van der Waals surface area contributed by atoms with Crippen LogP contribution in [0, 0.1) is 6.92 Å². The van der Waals surface area contributed by atoms with Gasteiger partial charge in [-0.3, -0.25) is 9.52 Å². The summed E-state index contributed by atoms with van der Waals surface area (Å²) >= 11 is 1.35. The summed E-state index contributed by atoms with van der Waals surface area (Å²) in [4.78, 5) is 12.6. The monoisotopic (exact) mass is 311 g/mol. The largest absolute Gasteiger partial charge is 0.321 e. The predicted molar refractivity (Wildman–Crippen MR) is 80.2 cm³/mol. The average Bonchev–Trinajstić information content (AvgIpc) is 2.73. The molecule has 0 radical (unpaired) electrons. The number of amides is 1. The zero-order valence-electron chi connectivity index (χ0n) is 10.6. The Balaban J connectivity index is 2.16. The standard InChI is InChI=1S/C12H13N3O3S2/c1-8-5-6-19-11(8)12(16)14-9-3-2-4-10(7-9)15-20(13,17)18/h2-7,15H,1H3,(H,14,16)(H2,13,17,18). The molecule has 2 aromatic rings. The van der Waals surface area contributed by atoms with Gasteiger partial charge in [0.1, 0.15) is 0 Å². The first-order valence-electron chi connectivity index (χ1n) is 5.61. The van der Waals surface area contributed by atoms with Crippen LogP contribution in [0.5, 0.6) is 0 Å². The third-order valence-corrected chi connectivity index (χ3v) is 3.98. The van der Waals surface area contributed by atoms with Crippen molar-refractivity contribution in [1.29, 1.82) is 0 Å². The molecule has 0 aliphatic carbocycles. The molecular weight excluding hydrogens is 298 g/mol. The number of carbonyl (C=O) groups excluding carboxylic acids is 1. The number of nitrogens with two attached hydrogens (primary N) is 1. The molecule has 1 amide bonds. The normalized spacial score (nSPS) is 11.1. The lowest BCUT2D eigenvalue weighted by Crippen LogP contribution is -2.21. The zero-order chi connectivity index (χ0) is 14.8. The molecule has 0 saturated heterocycles. The quantitative estimate of drug-likeness (QED) is 0.804. The van der Waals surface area contributed by atoms with Crippen molar-refractivity contribution in [2.75, 3.05) is 10.0 Å². The molecule has 1 heterocycles. The molecule has 0 atom stereocenters. The summed E-state index contributed by atoms with van der Waals surface area (Å²) in [6, 6.07) is 8.17. The predicted octanol–water partition coefficient (Wildman–Crippen LogP) is 1.92. The Morgan fingerprint density at radius 3 is 2.55 bits per heavy atom. The lowest BCUT2D eigenvalue weighted by atomic mass is 10.2. The number of hydrogen-bond donors (Lipinski definition) is 3. The molecule has 8 heteroatoms. The highest BCUT2D eigenvalue weighted by molar-refractivity contribution is 7.90. The maximum atomic E-state index is 12.0. The van der Waals surface area contributed by atoms with Gasteiger partial charge in [-0.05, 0) is 42.1 Å². The van der Waals surface area contributed by atoms with E-state index in [1.807, 2.05) is 18.4 Å². The van der Waals surface area contributed by atoms with E-state index in [4.69, 9.17) is 5.14 Å². The van der Waals surface area contributed by atoms with Gasteiger partial charge in [-0.25, -0.2) is 5.14 Å². The van der Waals surface area contributed by atoms with Crippen LogP contribution in [-0.4, -0.2) is 14.3 Å². The third-order valence-electron chi connectivity index (χ3n) is 2.45. The number of carbonyl (C=O) groups is 1. The van der Waals surface area contributed by atoms with Crippen molar-refractivity contribution < 1.29 is 13.2 Å². The molecule has 6 nitrogen and oxygen atoms in total. The number of hydrogen-bond acceptors (Lipinski definition) is 4. The summed E-state index contributed by atoms with van der Waals surface area (Å²) in [5, 5.41) is 9.43. The lowest BCUT2D eigenvalue weighted by Gasteiger charge is -2.08. The Morgan fingerprint density at radius 2 is 1.95 bits per heavy atom. The van der Waals surface area contributed by atoms with Crippen LogP contribution in [0.15, 0.2) is 35.7 Å². The van der Waals surface area contributed by atoms with Crippen LogP contribution < -0.4 is 15.2 Å². The van der Waals surface area contributed by atoms with Crippen LogP contribution in [0.4, 0.5) is 11.4 Å². The third kappa shape index (κ3) is 3.80. The van der Waals surface area contributed by atoms with Gasteiger partial charge in [-0.1, -0.05) is 6.07 Å². The molecule has 4 N–H and O–H groups in total. The maximum absolute atomic E-state index is 12.0. The SMILES string of the molecule is Cc1ccsc1C(=O)Nc1cccc(NS(N)(=O)=O)c1. The molecule has 0 aliphatic rings. The molecule has 1 aromatic heterocycles. The molecule has 106 valence electrons. The molecule has 0 aliphatic heterocycles. The fourth-order valence-corrected chi connectivity index (χ4v) is 2.89. The second-order valence-electron chi connectivity index (χ2n) is 4.11. The zero-order valence-corrected chi connectivity index (χ0v) is 12.2. The van der Waals surface area contributed by atoms with Crippen LogP contribution in [0.1, 0.15) is 15.2 Å². The topological polar surface area (TPSA) is 101 Å². The minimum Gasteiger partial charge on any atom is -0.321 e. The molecule has 20 heavy (non-hydrogen) atoms. The van der Waals surface area contributed by atoms with E-state index in [0.29, 0.717) is 10.6 Å². The van der Waals surface area contributed by atoms with E-state index >= 15 is 0 Å². The molecule has 1 aromatic carbocycles.